The van der Waals surface area contributed by atoms with Gasteiger partial charge in [0.15, 0.2) is 0 Å². The van der Waals surface area contributed by atoms with Gasteiger partial charge in [0.2, 0.25) is 0 Å². The van der Waals surface area contributed by atoms with Crippen LogP contribution >= 0.6 is 15.9 Å². The van der Waals surface area contributed by atoms with Gasteiger partial charge in [-0.05, 0) is 109 Å². The third kappa shape index (κ3) is 6.38. The van der Waals surface area contributed by atoms with Crippen molar-refractivity contribution in [2.45, 2.75) is 0 Å². The average molecular weight is 802 g/mol. The second kappa shape index (κ2) is 15.4. The summed E-state index contributed by atoms with van der Waals surface area (Å²) in [6.07, 6.45) is 0. The average Bonchev–Trinajstić information content (AvgIpc) is 3.40. The molecule has 0 aromatic heterocycles. The van der Waals surface area contributed by atoms with Gasteiger partial charge in [-0.25, -0.2) is 0 Å². The monoisotopic (exact) mass is 800 g/mol. The van der Waals surface area contributed by atoms with Gasteiger partial charge in [-0.2, -0.15) is 0 Å². The van der Waals surface area contributed by atoms with Gasteiger partial charge >= 0.3 is 7.12 Å². The summed E-state index contributed by atoms with van der Waals surface area (Å²) in [5, 5.41) is 23.4. The zero-order valence-electron chi connectivity index (χ0n) is 47.1. The lowest BCUT2D eigenvalue weighted by Crippen LogP contribution is -2.31. The minimum atomic E-state index is -2.05. The summed E-state index contributed by atoms with van der Waals surface area (Å²) < 4.78 is 151. The van der Waals surface area contributed by atoms with Gasteiger partial charge in [-0.15, -0.1) is 0 Å². The molecular weight excluding hydrogens is 747 g/mol. The number of hydrogen-bond donors (Lipinski definition) is 2. The van der Waals surface area contributed by atoms with E-state index < -0.39 is 79.6 Å². The Morgan fingerprint density at radius 3 is 1.21 bits per heavy atom. The van der Waals surface area contributed by atoms with Crippen molar-refractivity contribution in [3.8, 4) is 44.5 Å². The van der Waals surface area contributed by atoms with E-state index in [1.165, 1.54) is 0 Å². The molecule has 4 heteroatoms. The highest BCUT2D eigenvalue weighted by molar-refractivity contribution is 9.10. The highest BCUT2D eigenvalue weighted by Crippen LogP contribution is 2.45. The fourth-order valence-corrected chi connectivity index (χ4v) is 7.81. The number of hydrogen-bond acceptors (Lipinski definition) is 2. The van der Waals surface area contributed by atoms with Gasteiger partial charge in [0, 0.05) is 4.47 Å². The number of rotatable bonds is 5. The van der Waals surface area contributed by atoms with Crippen molar-refractivity contribution in [3.05, 3.63) is 210 Å². The van der Waals surface area contributed by atoms with Gasteiger partial charge in [0.05, 0.1) is 24.7 Å². The fourth-order valence-electron chi connectivity index (χ4n) is 7.17. The Labute approximate surface area is 360 Å². The summed E-state index contributed by atoms with van der Waals surface area (Å²) in [5.74, 6) is 0. The standard InChI is InChI=1S/C26H19BO2.C26H17Br/c28-27(29)26-23-16-8-6-14-21(23)25(22-15-7-9-17-24(22)26)20-13-5-4-12-19(20)18-10-2-1-3-11-18;27-26-23-16-8-6-14-21(23)25(22-15-7-9-17-24(22)26)20-13-5-4-12-19(20)18-10-2-1-3-11-18/h1-17,28-29H;1-17H/i2*1D,2D,3D,6D,8D,10D,11D,14D,16D. The Morgan fingerprint density at radius 1 is 0.357 bits per heavy atom. The molecule has 2 nitrogen and oxygen atoms in total. The van der Waals surface area contributed by atoms with Crippen LogP contribution in [0.25, 0.3) is 87.6 Å². The van der Waals surface area contributed by atoms with Crippen molar-refractivity contribution in [1.82, 2.24) is 0 Å². The molecule has 0 heterocycles. The Bertz CT molecular complexity index is 4020. The number of benzene rings is 10. The zero-order valence-corrected chi connectivity index (χ0v) is 30.7. The molecule has 56 heavy (non-hydrogen) atoms. The van der Waals surface area contributed by atoms with Crippen molar-refractivity contribution in [2.75, 3.05) is 0 Å². The van der Waals surface area contributed by atoms with Crippen LogP contribution in [0, 0.1) is 0 Å². The molecule has 0 saturated heterocycles. The molecule has 0 atom stereocenters. The summed E-state index contributed by atoms with van der Waals surface area (Å²) in [5.41, 5.74) is 2.19. The molecule has 0 unspecified atom stereocenters. The molecule has 0 aliphatic rings. The first-order chi connectivity index (χ1) is 35.1. The molecule has 0 saturated carbocycles. The molecule has 0 bridgehead atoms. The lowest BCUT2D eigenvalue weighted by molar-refractivity contribution is 0.426. The summed E-state index contributed by atoms with van der Waals surface area (Å²) in [6.45, 7) is 0. The van der Waals surface area contributed by atoms with Gasteiger partial charge in [0.25, 0.3) is 0 Å². The number of fused-ring (bicyclic) bond motifs is 4. The first kappa shape index (κ1) is 20.6. The summed E-state index contributed by atoms with van der Waals surface area (Å²) in [4.78, 5) is 0. The van der Waals surface area contributed by atoms with E-state index in [1.54, 1.807) is 72.8 Å². The smallest absolute Gasteiger partial charge is 0.423 e. The first-order valence-electron chi connectivity index (χ1n) is 26.3. The van der Waals surface area contributed by atoms with Crippen LogP contribution in [0.5, 0.6) is 0 Å². The maximum Gasteiger partial charge on any atom is 0.489 e. The van der Waals surface area contributed by atoms with E-state index in [0.29, 0.717) is 53.8 Å². The minimum Gasteiger partial charge on any atom is -0.423 e. The first-order valence-corrected chi connectivity index (χ1v) is 18.1. The topological polar surface area (TPSA) is 40.5 Å². The lowest BCUT2D eigenvalue weighted by Gasteiger charge is -2.19. The Balaban J connectivity index is 0.000000182. The van der Waals surface area contributed by atoms with E-state index >= 15 is 0 Å². The molecule has 0 amide bonds. The van der Waals surface area contributed by atoms with Crippen LogP contribution in [0.1, 0.15) is 24.7 Å². The molecule has 0 fully saturated rings. The van der Waals surface area contributed by atoms with Crippen LogP contribution < -0.4 is 5.46 Å². The minimum absolute atomic E-state index is 0.0255. The predicted molar refractivity (Wildman–Crippen MR) is 242 cm³/mol. The van der Waals surface area contributed by atoms with Crippen LogP contribution in [-0.2, 0) is 0 Å². The molecule has 10 aromatic carbocycles. The maximum atomic E-state index is 10.3. The zero-order chi connectivity index (χ0) is 53.7. The maximum absolute atomic E-state index is 10.3. The molecule has 0 radical (unpaired) electrons. The van der Waals surface area contributed by atoms with Crippen molar-refractivity contribution in [3.63, 3.8) is 0 Å². The van der Waals surface area contributed by atoms with E-state index in [9.17, 15) is 10.0 Å². The van der Waals surface area contributed by atoms with E-state index in [4.69, 9.17) is 24.7 Å². The van der Waals surface area contributed by atoms with E-state index in [2.05, 4.69) is 15.9 Å². The lowest BCUT2D eigenvalue weighted by atomic mass is 9.72. The Hall–Kier alpha value is -6.30. The second-order valence-corrected chi connectivity index (χ2v) is 13.3. The molecule has 0 aliphatic carbocycles. The highest BCUT2D eigenvalue weighted by Gasteiger charge is 2.23. The molecular formula is C52H36BBrO2. The van der Waals surface area contributed by atoms with Crippen molar-refractivity contribution < 1.29 is 34.7 Å². The fraction of sp³-hybridized carbons (Fsp3) is 0. The predicted octanol–water partition coefficient (Wildman–Crippen LogP) is 13.1. The molecule has 2 N–H and O–H groups in total. The van der Waals surface area contributed by atoms with Gasteiger partial charge in [0.1, 0.15) is 0 Å². The summed E-state index contributed by atoms with van der Waals surface area (Å²) in [6, 6.07) is 19.9. The van der Waals surface area contributed by atoms with Crippen molar-refractivity contribution in [2.24, 2.45) is 0 Å². The molecule has 0 aliphatic heterocycles. The van der Waals surface area contributed by atoms with Crippen molar-refractivity contribution >= 4 is 71.6 Å². The Morgan fingerprint density at radius 2 is 0.714 bits per heavy atom. The second-order valence-electron chi connectivity index (χ2n) is 12.5. The largest absolute Gasteiger partial charge is 0.489 e. The SMILES string of the molecule is [2H]c1c([2H])c([2H])c(-c2ccccc2-c2c3ccccc3c(B(O)O)c3c([2H])c([2H])c([2H])c([2H])c23)c([2H])c1[2H].[2H]c1c([2H])c([2H])c(-c2ccccc2-c2c3ccccc3c(Br)c3c([2H])c([2H])c([2H])c([2H])c23)c([2H])c1[2H]. The van der Waals surface area contributed by atoms with Crippen LogP contribution in [0.4, 0.5) is 0 Å². The molecule has 10 rings (SSSR count). The van der Waals surface area contributed by atoms with Gasteiger partial charge in [-0.3, -0.25) is 0 Å². The third-order valence-electron chi connectivity index (χ3n) is 9.47. The van der Waals surface area contributed by atoms with Gasteiger partial charge < -0.3 is 10.0 Å². The number of halogens is 1. The molecule has 10 aromatic rings. The summed E-state index contributed by atoms with van der Waals surface area (Å²) >= 11 is 3.57. The van der Waals surface area contributed by atoms with Crippen LogP contribution in [0.15, 0.2) is 210 Å². The molecule has 266 valence electrons. The van der Waals surface area contributed by atoms with E-state index in [1.807, 2.05) is 24.3 Å². The third-order valence-corrected chi connectivity index (χ3v) is 10.3. The highest BCUT2D eigenvalue weighted by atomic mass is 79.9. The van der Waals surface area contributed by atoms with E-state index in [-0.39, 0.29) is 74.6 Å². The molecule has 0 spiro atoms. The quantitative estimate of drug-likeness (QED) is 0.134. The van der Waals surface area contributed by atoms with Gasteiger partial charge in [-0.1, -0.05) is 206 Å². The van der Waals surface area contributed by atoms with Crippen LogP contribution in [0.3, 0.4) is 0 Å². The van der Waals surface area contributed by atoms with Crippen molar-refractivity contribution in [1.29, 1.82) is 0 Å². The summed E-state index contributed by atoms with van der Waals surface area (Å²) in [7, 11) is -2.05. The normalized spacial score (nSPS) is 15.6. The van der Waals surface area contributed by atoms with Crippen LogP contribution in [0.2, 0.25) is 0 Å². The van der Waals surface area contributed by atoms with E-state index in [0.717, 1.165) is 5.39 Å². The van der Waals surface area contributed by atoms with Crippen LogP contribution in [-0.4, -0.2) is 17.2 Å². The Kier molecular flexibility index (Phi) is 5.68.